The summed E-state index contributed by atoms with van der Waals surface area (Å²) in [5.74, 6) is 0.663. The predicted molar refractivity (Wildman–Crippen MR) is 57.7 cm³/mol. The van der Waals surface area contributed by atoms with Crippen LogP contribution in [0.3, 0.4) is 0 Å². The molecule has 0 aliphatic heterocycles. The molecule has 0 radical (unpaired) electrons. The molecule has 1 atom stereocenters. The van der Waals surface area contributed by atoms with Crippen LogP contribution in [0, 0.1) is 11.3 Å². The van der Waals surface area contributed by atoms with E-state index in [1.54, 1.807) is 13.0 Å². The van der Waals surface area contributed by atoms with E-state index >= 15 is 0 Å². The Morgan fingerprint density at radius 1 is 1.64 bits per heavy atom. The van der Waals surface area contributed by atoms with Gasteiger partial charge in [0.1, 0.15) is 11.8 Å². The molecule has 0 amide bonds. The van der Waals surface area contributed by atoms with E-state index in [-0.39, 0.29) is 0 Å². The van der Waals surface area contributed by atoms with Crippen LogP contribution in [0.1, 0.15) is 12.5 Å². The smallest absolute Gasteiger partial charge is 0.181 e. The van der Waals surface area contributed by atoms with Crippen molar-refractivity contribution in [2.24, 2.45) is 5.73 Å². The van der Waals surface area contributed by atoms with Gasteiger partial charge in [-0.25, -0.2) is 0 Å². The Kier molecular flexibility index (Phi) is 3.93. The van der Waals surface area contributed by atoms with E-state index in [1.807, 2.05) is 18.2 Å². The van der Waals surface area contributed by atoms with Crippen LogP contribution in [0.4, 0.5) is 0 Å². The van der Waals surface area contributed by atoms with Crippen LogP contribution in [0.2, 0.25) is 0 Å². The lowest BCUT2D eigenvalue weighted by Gasteiger charge is -2.10. The Balaban J connectivity index is 2.85. The van der Waals surface area contributed by atoms with Gasteiger partial charge in [-0.1, -0.05) is 6.07 Å². The molecule has 0 aliphatic rings. The summed E-state index contributed by atoms with van der Waals surface area (Å²) in [6.07, 6.45) is -0.449. The fourth-order valence-electron chi connectivity index (χ4n) is 0.984. The molecule has 3 nitrogen and oxygen atoms in total. The maximum absolute atomic E-state index is 8.58. The van der Waals surface area contributed by atoms with Crippen LogP contribution in [-0.4, -0.2) is 6.10 Å². The van der Waals surface area contributed by atoms with Gasteiger partial charge >= 0.3 is 0 Å². The summed E-state index contributed by atoms with van der Waals surface area (Å²) in [7, 11) is 0. The van der Waals surface area contributed by atoms with Crippen molar-refractivity contribution >= 4 is 15.9 Å². The highest BCUT2D eigenvalue weighted by Crippen LogP contribution is 2.26. The number of benzene rings is 1. The number of halogens is 1. The molecule has 0 saturated carbocycles. The Hall–Kier alpha value is -1.05. The van der Waals surface area contributed by atoms with Crippen LogP contribution < -0.4 is 10.5 Å². The molecule has 1 unspecified atom stereocenters. The summed E-state index contributed by atoms with van der Waals surface area (Å²) in [5.41, 5.74) is 6.50. The molecule has 0 fully saturated rings. The standard InChI is InChI=1S/C10H11BrN2O/c1-7(5-12)14-10-3-2-8(6-13)4-9(10)11/h2-4,7H,6,13H2,1H3. The average molecular weight is 255 g/mol. The molecule has 14 heavy (non-hydrogen) atoms. The first-order valence-corrected chi connectivity index (χ1v) is 5.01. The molecule has 0 aromatic heterocycles. The first-order chi connectivity index (χ1) is 6.67. The van der Waals surface area contributed by atoms with E-state index in [9.17, 15) is 0 Å². The molecule has 0 spiro atoms. The first-order valence-electron chi connectivity index (χ1n) is 4.22. The van der Waals surface area contributed by atoms with E-state index in [0.29, 0.717) is 12.3 Å². The van der Waals surface area contributed by atoms with Gasteiger partial charge in [-0.15, -0.1) is 0 Å². The summed E-state index contributed by atoms with van der Waals surface area (Å²) < 4.78 is 6.17. The van der Waals surface area contributed by atoms with Crippen LogP contribution in [0.15, 0.2) is 22.7 Å². The summed E-state index contributed by atoms with van der Waals surface area (Å²) in [6.45, 7) is 2.19. The topological polar surface area (TPSA) is 59.0 Å². The van der Waals surface area contributed by atoms with Crippen LogP contribution in [-0.2, 0) is 6.54 Å². The third-order valence-corrected chi connectivity index (χ3v) is 2.34. The van der Waals surface area contributed by atoms with Gasteiger partial charge in [0.15, 0.2) is 6.10 Å². The molecule has 2 N–H and O–H groups in total. The van der Waals surface area contributed by atoms with Crippen molar-refractivity contribution < 1.29 is 4.74 Å². The monoisotopic (exact) mass is 254 g/mol. The summed E-state index contributed by atoms with van der Waals surface area (Å²) >= 11 is 3.36. The summed E-state index contributed by atoms with van der Waals surface area (Å²) in [4.78, 5) is 0. The van der Waals surface area contributed by atoms with E-state index in [1.165, 1.54) is 0 Å². The second-order valence-electron chi connectivity index (χ2n) is 2.86. The highest BCUT2D eigenvalue weighted by Gasteiger charge is 2.05. The van der Waals surface area contributed by atoms with Crippen molar-refractivity contribution in [3.63, 3.8) is 0 Å². The van der Waals surface area contributed by atoms with Crippen molar-refractivity contribution in [1.29, 1.82) is 5.26 Å². The summed E-state index contributed by atoms with van der Waals surface area (Å²) in [5, 5.41) is 8.58. The van der Waals surface area contributed by atoms with Crippen LogP contribution in [0.25, 0.3) is 0 Å². The van der Waals surface area contributed by atoms with E-state index in [0.717, 1.165) is 10.0 Å². The maximum atomic E-state index is 8.58. The molecule has 0 saturated heterocycles. The van der Waals surface area contributed by atoms with Crippen LogP contribution >= 0.6 is 15.9 Å². The van der Waals surface area contributed by atoms with Crippen molar-refractivity contribution in [3.8, 4) is 11.8 Å². The minimum atomic E-state index is -0.449. The highest BCUT2D eigenvalue weighted by molar-refractivity contribution is 9.10. The fraction of sp³-hybridized carbons (Fsp3) is 0.300. The largest absolute Gasteiger partial charge is 0.475 e. The number of hydrogen-bond acceptors (Lipinski definition) is 3. The molecule has 1 aromatic rings. The lowest BCUT2D eigenvalue weighted by atomic mass is 10.2. The van der Waals surface area contributed by atoms with E-state index < -0.39 is 6.10 Å². The fourth-order valence-corrected chi connectivity index (χ4v) is 1.50. The zero-order valence-electron chi connectivity index (χ0n) is 7.83. The van der Waals surface area contributed by atoms with Gasteiger partial charge in [-0.05, 0) is 40.5 Å². The number of nitrogens with zero attached hydrogens (tertiary/aromatic N) is 1. The van der Waals surface area contributed by atoms with Crippen molar-refractivity contribution in [2.45, 2.75) is 19.6 Å². The molecule has 0 heterocycles. The Morgan fingerprint density at radius 2 is 2.36 bits per heavy atom. The number of nitrogens with two attached hydrogens (primary N) is 1. The zero-order chi connectivity index (χ0) is 10.6. The average Bonchev–Trinajstić information content (AvgIpc) is 2.20. The molecule has 4 heteroatoms. The quantitative estimate of drug-likeness (QED) is 0.900. The Morgan fingerprint density at radius 3 is 2.86 bits per heavy atom. The van der Waals surface area contributed by atoms with E-state index in [4.69, 9.17) is 15.7 Å². The lowest BCUT2D eigenvalue weighted by Crippen LogP contribution is -2.08. The number of hydrogen-bond donors (Lipinski definition) is 1. The number of ether oxygens (including phenoxy) is 1. The molecular weight excluding hydrogens is 244 g/mol. The minimum absolute atomic E-state index is 0.449. The molecular formula is C10H11BrN2O. The van der Waals surface area contributed by atoms with Crippen molar-refractivity contribution in [3.05, 3.63) is 28.2 Å². The van der Waals surface area contributed by atoms with Gasteiger partial charge in [0.25, 0.3) is 0 Å². The van der Waals surface area contributed by atoms with Gasteiger partial charge in [-0.2, -0.15) is 5.26 Å². The van der Waals surface area contributed by atoms with Gasteiger partial charge in [-0.3, -0.25) is 0 Å². The van der Waals surface area contributed by atoms with Gasteiger partial charge in [0, 0.05) is 6.54 Å². The predicted octanol–water partition coefficient (Wildman–Crippen LogP) is 2.20. The molecule has 0 aliphatic carbocycles. The Labute approximate surface area is 91.6 Å². The van der Waals surface area contributed by atoms with Gasteiger partial charge < -0.3 is 10.5 Å². The Bertz CT molecular complexity index is 360. The SMILES string of the molecule is CC(C#N)Oc1ccc(CN)cc1Br. The number of nitriles is 1. The second-order valence-corrected chi connectivity index (χ2v) is 3.71. The van der Waals surface area contributed by atoms with E-state index in [2.05, 4.69) is 15.9 Å². The van der Waals surface area contributed by atoms with Gasteiger partial charge in [0.2, 0.25) is 0 Å². The normalized spacial score (nSPS) is 11.9. The van der Waals surface area contributed by atoms with Gasteiger partial charge in [0.05, 0.1) is 4.47 Å². The van der Waals surface area contributed by atoms with Crippen LogP contribution in [0.5, 0.6) is 5.75 Å². The number of rotatable bonds is 3. The molecule has 74 valence electrons. The lowest BCUT2D eigenvalue weighted by molar-refractivity contribution is 0.274. The molecule has 1 rings (SSSR count). The molecule has 1 aromatic carbocycles. The molecule has 0 bridgehead atoms. The van der Waals surface area contributed by atoms with Crippen molar-refractivity contribution in [2.75, 3.05) is 0 Å². The van der Waals surface area contributed by atoms with Crippen molar-refractivity contribution in [1.82, 2.24) is 0 Å². The first kappa shape index (κ1) is 11.0. The second kappa shape index (κ2) is 4.99. The zero-order valence-corrected chi connectivity index (χ0v) is 9.41. The summed E-state index contributed by atoms with van der Waals surface area (Å²) in [6, 6.07) is 7.57. The third-order valence-electron chi connectivity index (χ3n) is 1.72. The highest BCUT2D eigenvalue weighted by atomic mass is 79.9. The third kappa shape index (κ3) is 2.72. The maximum Gasteiger partial charge on any atom is 0.181 e. The minimum Gasteiger partial charge on any atom is -0.475 e.